The first kappa shape index (κ1) is 39.8. The highest BCUT2D eigenvalue weighted by Gasteiger charge is 2.26. The zero-order chi connectivity index (χ0) is 35.6. The maximum Gasteiger partial charge on any atom is 0.336 e. The number of carbonyl (C=O) groups excluding carboxylic acids is 3. The lowest BCUT2D eigenvalue weighted by Crippen LogP contribution is -2.49. The van der Waals surface area contributed by atoms with Crippen molar-refractivity contribution < 1.29 is 43.2 Å². The SMILES string of the molecule is CC(C)(C)OC(=O)CN1CCN(CC(=O)OC(C)(C)C)CCN(Cc2cc(C(=O)O)cc[n+]2[O-])CCN(CC(=O)OC(C)(C)C)CC1. The van der Waals surface area contributed by atoms with Crippen molar-refractivity contribution in [2.75, 3.05) is 72.0 Å². The fourth-order valence-electron chi connectivity index (χ4n) is 4.89. The zero-order valence-electron chi connectivity index (χ0n) is 29.7. The average molecular weight is 666 g/mol. The Morgan fingerprint density at radius 3 is 1.28 bits per heavy atom. The van der Waals surface area contributed by atoms with E-state index in [9.17, 15) is 29.5 Å². The summed E-state index contributed by atoms with van der Waals surface area (Å²) in [7, 11) is 0. The lowest BCUT2D eigenvalue weighted by atomic mass is 10.2. The monoisotopic (exact) mass is 665 g/mol. The van der Waals surface area contributed by atoms with Crippen LogP contribution in [0.1, 0.15) is 78.4 Å². The normalized spacial score (nSPS) is 17.3. The molecule has 0 radical (unpaired) electrons. The molecule has 1 aliphatic rings. The molecule has 1 saturated heterocycles. The van der Waals surface area contributed by atoms with Crippen LogP contribution < -0.4 is 4.73 Å². The van der Waals surface area contributed by atoms with Crippen LogP contribution >= 0.6 is 0 Å². The first-order chi connectivity index (χ1) is 21.6. The number of hydrogen-bond donors (Lipinski definition) is 1. The van der Waals surface area contributed by atoms with Crippen LogP contribution in [-0.4, -0.2) is 137 Å². The second-order valence-electron chi connectivity index (χ2n) is 14.9. The summed E-state index contributed by atoms with van der Waals surface area (Å²) in [6, 6.07) is 2.61. The minimum Gasteiger partial charge on any atom is -0.618 e. The molecule has 0 bridgehead atoms. The first-order valence-electron chi connectivity index (χ1n) is 16.1. The lowest BCUT2D eigenvalue weighted by molar-refractivity contribution is -0.615. The molecule has 14 heteroatoms. The van der Waals surface area contributed by atoms with Crippen LogP contribution in [0.2, 0.25) is 0 Å². The largest absolute Gasteiger partial charge is 0.618 e. The summed E-state index contributed by atoms with van der Waals surface area (Å²) in [5.41, 5.74) is -1.70. The van der Waals surface area contributed by atoms with E-state index in [1.807, 2.05) is 40.4 Å². The maximum absolute atomic E-state index is 12.9. The predicted molar refractivity (Wildman–Crippen MR) is 174 cm³/mol. The number of pyridine rings is 1. The number of aromatic nitrogens is 1. The van der Waals surface area contributed by atoms with Gasteiger partial charge < -0.3 is 24.5 Å². The molecule has 1 aliphatic heterocycles. The molecule has 0 aromatic carbocycles. The van der Waals surface area contributed by atoms with Crippen LogP contribution in [0, 0.1) is 5.21 Å². The van der Waals surface area contributed by atoms with Gasteiger partial charge in [-0.2, -0.15) is 4.73 Å². The van der Waals surface area contributed by atoms with Crippen molar-refractivity contribution in [1.29, 1.82) is 0 Å². The van der Waals surface area contributed by atoms with Gasteiger partial charge in [0.05, 0.1) is 31.7 Å². The smallest absolute Gasteiger partial charge is 0.336 e. The summed E-state index contributed by atoms with van der Waals surface area (Å²) < 4.78 is 17.4. The van der Waals surface area contributed by atoms with Gasteiger partial charge in [-0.05, 0) is 62.3 Å². The number of esters is 3. The van der Waals surface area contributed by atoms with Crippen LogP contribution in [0.3, 0.4) is 0 Å². The molecule has 0 amide bonds. The summed E-state index contributed by atoms with van der Waals surface area (Å²) in [5.74, 6) is -2.28. The van der Waals surface area contributed by atoms with Crippen LogP contribution in [0.4, 0.5) is 0 Å². The van der Waals surface area contributed by atoms with Gasteiger partial charge in [0.15, 0.2) is 6.20 Å². The number of hydrogen-bond acceptors (Lipinski definition) is 12. The Hall–Kier alpha value is -3.33. The molecule has 0 spiro atoms. The summed E-state index contributed by atoms with van der Waals surface area (Å²) in [4.78, 5) is 58.0. The highest BCUT2D eigenvalue weighted by atomic mass is 16.6. The molecule has 1 N–H and O–H groups in total. The molecule has 14 nitrogen and oxygen atoms in total. The standard InChI is InChI=1S/C33H55N5O9/c1-31(2,3)45-27(39)22-35-14-12-34(21-26-20-25(30(42)43)10-11-38(26)44)13-15-36(23-28(40)46-32(4,5)6)17-19-37(18-16-35)24-29(41)47-33(7,8)9/h10-11,20H,12-19,21-24H2,1-9H3,(H,42,43). The highest BCUT2D eigenvalue weighted by molar-refractivity contribution is 5.87. The first-order valence-corrected chi connectivity index (χ1v) is 16.1. The van der Waals surface area contributed by atoms with Crippen molar-refractivity contribution in [2.24, 2.45) is 0 Å². The van der Waals surface area contributed by atoms with Crippen molar-refractivity contribution in [3.8, 4) is 0 Å². The third-order valence-electron chi connectivity index (χ3n) is 6.88. The van der Waals surface area contributed by atoms with E-state index in [1.165, 1.54) is 18.3 Å². The number of ether oxygens (including phenoxy) is 3. The van der Waals surface area contributed by atoms with Crippen molar-refractivity contribution in [2.45, 2.75) is 85.7 Å². The quantitative estimate of drug-likeness (QED) is 0.176. The summed E-state index contributed by atoms with van der Waals surface area (Å²) in [6.45, 7) is 19.9. The van der Waals surface area contributed by atoms with E-state index < -0.39 is 22.8 Å². The fourth-order valence-corrected chi connectivity index (χ4v) is 4.89. The van der Waals surface area contributed by atoms with Crippen LogP contribution in [-0.2, 0) is 35.1 Å². The van der Waals surface area contributed by atoms with Gasteiger partial charge >= 0.3 is 23.9 Å². The average Bonchev–Trinajstić information content (AvgIpc) is 2.87. The van der Waals surface area contributed by atoms with E-state index in [2.05, 4.69) is 0 Å². The molecular formula is C33H55N5O9. The molecule has 2 rings (SSSR count). The third kappa shape index (κ3) is 16.9. The number of carbonyl (C=O) groups is 4. The Bertz CT molecular complexity index is 1170. The molecule has 0 atom stereocenters. The number of aromatic carboxylic acids is 1. The molecule has 0 saturated carbocycles. The molecule has 0 aliphatic carbocycles. The molecule has 1 aromatic heterocycles. The second-order valence-corrected chi connectivity index (χ2v) is 14.9. The van der Waals surface area contributed by atoms with Gasteiger partial charge in [-0.15, -0.1) is 0 Å². The van der Waals surface area contributed by atoms with E-state index in [0.29, 0.717) is 57.1 Å². The van der Waals surface area contributed by atoms with Crippen molar-refractivity contribution >= 4 is 23.9 Å². The van der Waals surface area contributed by atoms with Crippen LogP contribution in [0.25, 0.3) is 0 Å². The van der Waals surface area contributed by atoms with Crippen molar-refractivity contribution in [3.63, 3.8) is 0 Å². The van der Waals surface area contributed by atoms with Gasteiger partial charge in [0.25, 0.3) is 0 Å². The number of carboxylic acids is 1. The maximum atomic E-state index is 12.9. The number of rotatable bonds is 9. The minimum absolute atomic E-state index is 0.00429. The van der Waals surface area contributed by atoms with Gasteiger partial charge in [-0.25, -0.2) is 4.79 Å². The zero-order valence-corrected chi connectivity index (χ0v) is 29.7. The summed E-state index contributed by atoms with van der Waals surface area (Å²) >= 11 is 0. The molecule has 2 heterocycles. The second kappa shape index (κ2) is 17.2. The van der Waals surface area contributed by atoms with Crippen molar-refractivity contribution in [3.05, 3.63) is 34.8 Å². The summed E-state index contributed by atoms with van der Waals surface area (Å²) in [5, 5.41) is 22.1. The fraction of sp³-hybridized carbons (Fsp3) is 0.727. The number of nitrogens with zero attached hydrogens (tertiary/aromatic N) is 5. The molecular weight excluding hydrogens is 610 g/mol. The van der Waals surface area contributed by atoms with E-state index in [0.717, 1.165) is 0 Å². The highest BCUT2D eigenvalue weighted by Crippen LogP contribution is 2.12. The molecule has 266 valence electrons. The molecule has 1 aromatic rings. The topological polar surface area (TPSA) is 156 Å². The van der Waals surface area contributed by atoms with Gasteiger partial charge in [0.1, 0.15) is 16.8 Å². The Morgan fingerprint density at radius 2 is 0.979 bits per heavy atom. The summed E-state index contributed by atoms with van der Waals surface area (Å²) in [6.07, 6.45) is 1.18. The van der Waals surface area contributed by atoms with E-state index in [1.54, 1.807) is 41.5 Å². The Labute approximate surface area is 279 Å². The van der Waals surface area contributed by atoms with Crippen LogP contribution in [0.5, 0.6) is 0 Å². The van der Waals surface area contributed by atoms with Crippen molar-refractivity contribution in [1.82, 2.24) is 19.6 Å². The minimum atomic E-state index is -1.14. The van der Waals surface area contributed by atoms with Gasteiger partial charge in [-0.3, -0.25) is 34.0 Å². The van der Waals surface area contributed by atoms with Crippen LogP contribution in [0.15, 0.2) is 18.3 Å². The van der Waals surface area contributed by atoms with Gasteiger partial charge in [0.2, 0.25) is 5.69 Å². The molecule has 47 heavy (non-hydrogen) atoms. The Balaban J connectivity index is 2.37. The van der Waals surface area contributed by atoms with E-state index >= 15 is 0 Å². The van der Waals surface area contributed by atoms with E-state index in [4.69, 9.17) is 14.2 Å². The van der Waals surface area contributed by atoms with E-state index in [-0.39, 0.29) is 55.3 Å². The third-order valence-corrected chi connectivity index (χ3v) is 6.88. The lowest BCUT2D eigenvalue weighted by Gasteiger charge is -2.34. The van der Waals surface area contributed by atoms with Gasteiger partial charge in [0, 0.05) is 64.5 Å². The number of carboxylic acid groups (broad SMARTS) is 1. The Morgan fingerprint density at radius 1 is 0.660 bits per heavy atom. The van der Waals surface area contributed by atoms with Gasteiger partial charge in [-0.1, -0.05) is 0 Å². The molecule has 0 unspecified atom stereocenters. The predicted octanol–water partition coefficient (Wildman–Crippen LogP) is 1.76. The molecule has 1 fully saturated rings. The Kier molecular flexibility index (Phi) is 14.6.